The lowest BCUT2D eigenvalue weighted by Gasteiger charge is -2.09. The van der Waals surface area contributed by atoms with Crippen LogP contribution < -0.4 is 5.56 Å². The average molecular weight is 365 g/mol. The Morgan fingerprint density at radius 1 is 1.36 bits per heavy atom. The summed E-state index contributed by atoms with van der Waals surface area (Å²) in [6.07, 6.45) is 0.633. The van der Waals surface area contributed by atoms with Gasteiger partial charge in [0, 0.05) is 5.02 Å². The van der Waals surface area contributed by atoms with Gasteiger partial charge in [-0.05, 0) is 17.7 Å². The molecule has 3 aromatic rings. The Morgan fingerprint density at radius 3 is 2.76 bits per heavy atom. The Balaban J connectivity index is 1.89. The van der Waals surface area contributed by atoms with Crippen molar-refractivity contribution in [1.82, 2.24) is 19.3 Å². The zero-order valence-corrected chi connectivity index (χ0v) is 14.0. The van der Waals surface area contributed by atoms with Crippen LogP contribution in [0.4, 0.5) is 4.39 Å². The molecule has 0 saturated carbocycles. The Kier molecular flexibility index (Phi) is 4.80. The van der Waals surface area contributed by atoms with Gasteiger partial charge in [0.25, 0.3) is 5.56 Å². The lowest BCUT2D eigenvalue weighted by molar-refractivity contribution is -0.147. The Labute approximate surface area is 146 Å². The quantitative estimate of drug-likeness (QED) is 0.645. The van der Waals surface area contributed by atoms with Crippen molar-refractivity contribution in [3.8, 4) is 0 Å². The molecule has 0 aliphatic heterocycles. The molecule has 9 heteroatoms. The van der Waals surface area contributed by atoms with E-state index in [9.17, 15) is 14.0 Å². The van der Waals surface area contributed by atoms with Gasteiger partial charge in [0.2, 0.25) is 6.17 Å². The van der Waals surface area contributed by atoms with Gasteiger partial charge >= 0.3 is 5.97 Å². The molecule has 0 N–H and O–H groups in total. The largest absolute Gasteiger partial charge is 0.467 e. The first kappa shape index (κ1) is 17.1. The minimum Gasteiger partial charge on any atom is -0.467 e. The van der Waals surface area contributed by atoms with Gasteiger partial charge in [-0.1, -0.05) is 23.7 Å². The summed E-state index contributed by atoms with van der Waals surface area (Å²) >= 11 is 5.86. The van der Waals surface area contributed by atoms with E-state index < -0.39 is 24.2 Å². The van der Waals surface area contributed by atoms with Gasteiger partial charge in [0.1, 0.15) is 11.7 Å². The molecule has 7 nitrogen and oxygen atoms in total. The summed E-state index contributed by atoms with van der Waals surface area (Å²) in [5, 5.41) is 5.04. The maximum absolute atomic E-state index is 13.7. The van der Waals surface area contributed by atoms with Crippen LogP contribution in [0.25, 0.3) is 11.0 Å². The van der Waals surface area contributed by atoms with Crippen molar-refractivity contribution in [2.24, 2.45) is 0 Å². The molecule has 0 fully saturated rings. The number of aromatic nitrogens is 4. The molecule has 0 bridgehead atoms. The molecule has 1 atom stereocenters. The summed E-state index contributed by atoms with van der Waals surface area (Å²) in [7, 11) is 1.08. The van der Waals surface area contributed by atoms with Gasteiger partial charge in [0.05, 0.1) is 26.4 Å². The first-order chi connectivity index (χ1) is 12.0. The van der Waals surface area contributed by atoms with E-state index in [1.165, 1.54) is 12.5 Å². The van der Waals surface area contributed by atoms with E-state index in [0.717, 1.165) is 17.2 Å². The molecule has 0 spiro atoms. The highest BCUT2D eigenvalue weighted by Crippen LogP contribution is 2.13. The molecule has 0 radical (unpaired) electrons. The molecule has 0 aliphatic rings. The van der Waals surface area contributed by atoms with Gasteiger partial charge in [-0.25, -0.2) is 18.9 Å². The summed E-state index contributed by atoms with van der Waals surface area (Å²) < 4.78 is 20.6. The molecule has 0 aliphatic carbocycles. The molecule has 25 heavy (non-hydrogen) atoms. The molecule has 0 amide bonds. The molecule has 3 rings (SSSR count). The van der Waals surface area contributed by atoms with Gasteiger partial charge in [-0.2, -0.15) is 5.10 Å². The molecule has 1 aromatic carbocycles. The number of halogens is 2. The van der Waals surface area contributed by atoms with Gasteiger partial charge in [0.15, 0.2) is 5.65 Å². The summed E-state index contributed by atoms with van der Waals surface area (Å²) in [6, 6.07) is 7.22. The maximum atomic E-state index is 13.7. The minimum atomic E-state index is -1.94. The number of fused-ring (bicyclic) bond motifs is 1. The van der Waals surface area contributed by atoms with Crippen molar-refractivity contribution in [2.45, 2.75) is 19.3 Å². The van der Waals surface area contributed by atoms with Gasteiger partial charge in [-0.15, -0.1) is 0 Å². The number of benzene rings is 1. The second kappa shape index (κ2) is 7.02. The first-order valence-corrected chi connectivity index (χ1v) is 7.74. The summed E-state index contributed by atoms with van der Waals surface area (Å²) in [5.41, 5.74) is 0.846. The molecule has 2 aromatic heterocycles. The molecular weight excluding hydrogens is 351 g/mol. The SMILES string of the molecule is COC(=O)C(F)Cn1cnc2c(cnn2Cc2ccc(Cl)cc2)c1=O. The van der Waals surface area contributed by atoms with Crippen molar-refractivity contribution in [2.75, 3.05) is 7.11 Å². The Morgan fingerprint density at radius 2 is 2.08 bits per heavy atom. The highest BCUT2D eigenvalue weighted by molar-refractivity contribution is 6.30. The number of hydrogen-bond acceptors (Lipinski definition) is 5. The number of alkyl halides is 1. The predicted octanol–water partition coefficient (Wildman–Crippen LogP) is 1.81. The fraction of sp³-hybridized carbons (Fsp3) is 0.250. The summed E-state index contributed by atoms with van der Waals surface area (Å²) in [6.45, 7) is -0.0537. The third kappa shape index (κ3) is 3.53. The van der Waals surface area contributed by atoms with Crippen LogP contribution in [-0.4, -0.2) is 38.6 Å². The topological polar surface area (TPSA) is 79.0 Å². The first-order valence-electron chi connectivity index (χ1n) is 7.37. The highest BCUT2D eigenvalue weighted by atomic mass is 35.5. The van der Waals surface area contributed by atoms with Crippen molar-refractivity contribution in [1.29, 1.82) is 0 Å². The molecule has 1 unspecified atom stereocenters. The maximum Gasteiger partial charge on any atom is 0.342 e. The summed E-state index contributed by atoms with van der Waals surface area (Å²) in [4.78, 5) is 27.8. The van der Waals surface area contributed by atoms with Crippen LogP contribution in [-0.2, 0) is 22.6 Å². The lowest BCUT2D eigenvalue weighted by atomic mass is 10.2. The number of hydrogen-bond donors (Lipinski definition) is 0. The van der Waals surface area contributed by atoms with Crippen molar-refractivity contribution in [3.63, 3.8) is 0 Å². The highest BCUT2D eigenvalue weighted by Gasteiger charge is 2.20. The van der Waals surface area contributed by atoms with Gasteiger partial charge in [-0.3, -0.25) is 9.36 Å². The molecule has 0 saturated heterocycles. The van der Waals surface area contributed by atoms with Crippen molar-refractivity contribution in [3.05, 3.63) is 57.7 Å². The third-order valence-electron chi connectivity index (χ3n) is 3.68. The monoisotopic (exact) mass is 364 g/mol. The van der Waals surface area contributed by atoms with Crippen molar-refractivity contribution >= 4 is 28.6 Å². The van der Waals surface area contributed by atoms with E-state index >= 15 is 0 Å². The van der Waals surface area contributed by atoms with E-state index in [2.05, 4.69) is 14.8 Å². The number of methoxy groups -OCH3 is 1. The number of carbonyl (C=O) groups is 1. The normalized spacial score (nSPS) is 12.3. The van der Waals surface area contributed by atoms with Crippen LogP contribution in [0, 0.1) is 0 Å². The molecule has 2 heterocycles. The molecular formula is C16H14ClFN4O3. The average Bonchev–Trinajstić information content (AvgIpc) is 3.02. The second-order valence-electron chi connectivity index (χ2n) is 5.36. The van der Waals surface area contributed by atoms with Crippen LogP contribution in [0.2, 0.25) is 5.02 Å². The smallest absolute Gasteiger partial charge is 0.342 e. The Hall–Kier alpha value is -2.74. The second-order valence-corrected chi connectivity index (χ2v) is 5.80. The standard InChI is InChI=1S/C16H14ClFN4O3/c1-25-16(24)13(18)8-21-9-19-14-12(15(21)23)6-20-22(14)7-10-2-4-11(17)5-3-10/h2-6,9,13H,7-8H2,1H3. The predicted molar refractivity (Wildman–Crippen MR) is 89.3 cm³/mol. The molecule has 130 valence electrons. The van der Waals surface area contributed by atoms with E-state index in [1.54, 1.807) is 16.8 Å². The zero-order valence-electron chi connectivity index (χ0n) is 13.2. The number of ether oxygens (including phenoxy) is 1. The number of esters is 1. The van der Waals surface area contributed by atoms with E-state index in [1.807, 2.05) is 12.1 Å². The van der Waals surface area contributed by atoms with E-state index in [0.29, 0.717) is 17.2 Å². The van der Waals surface area contributed by atoms with E-state index in [4.69, 9.17) is 11.6 Å². The number of nitrogens with zero attached hydrogens (tertiary/aromatic N) is 4. The van der Waals surface area contributed by atoms with Crippen LogP contribution >= 0.6 is 11.6 Å². The lowest BCUT2D eigenvalue weighted by Crippen LogP contribution is -2.30. The van der Waals surface area contributed by atoms with Gasteiger partial charge < -0.3 is 4.74 Å². The fourth-order valence-corrected chi connectivity index (χ4v) is 2.51. The van der Waals surface area contributed by atoms with Crippen LogP contribution in [0.3, 0.4) is 0 Å². The number of rotatable bonds is 5. The fourth-order valence-electron chi connectivity index (χ4n) is 2.38. The summed E-state index contributed by atoms with van der Waals surface area (Å²) in [5.74, 6) is -1.04. The third-order valence-corrected chi connectivity index (χ3v) is 3.93. The minimum absolute atomic E-state index is 0.244. The Bertz CT molecular complexity index is 968. The van der Waals surface area contributed by atoms with E-state index in [-0.39, 0.29) is 5.39 Å². The van der Waals surface area contributed by atoms with Crippen LogP contribution in [0.5, 0.6) is 0 Å². The van der Waals surface area contributed by atoms with Crippen molar-refractivity contribution < 1.29 is 13.9 Å². The number of carbonyl (C=O) groups excluding carboxylic acids is 1. The van der Waals surface area contributed by atoms with Crippen LogP contribution in [0.1, 0.15) is 5.56 Å². The zero-order chi connectivity index (χ0) is 18.0. The van der Waals surface area contributed by atoms with Crippen LogP contribution in [0.15, 0.2) is 41.6 Å².